The summed E-state index contributed by atoms with van der Waals surface area (Å²) in [6.45, 7) is 0. The molecular formula is C8H2O9. The lowest BCUT2D eigenvalue weighted by Crippen LogP contribution is -2.40. The molecule has 0 saturated heterocycles. The molecular weight excluding hydrogens is 240 g/mol. The minimum atomic E-state index is -2.30. The number of aldehydes is 1. The second-order valence-corrected chi connectivity index (χ2v) is 2.43. The first-order valence-electron chi connectivity index (χ1n) is 3.68. The molecule has 0 bridgehead atoms. The highest BCUT2D eigenvalue weighted by atomic mass is 16.4. The molecule has 0 aliphatic heterocycles. The maximum atomic E-state index is 10.8. The third-order valence-corrected chi connectivity index (χ3v) is 1.35. The van der Waals surface area contributed by atoms with Gasteiger partial charge in [0.2, 0.25) is 0 Å². The fourth-order valence-electron chi connectivity index (χ4n) is 0.572. The van der Waals surface area contributed by atoms with Crippen molar-refractivity contribution in [2.24, 2.45) is 0 Å². The number of Topliss-reactive ketones (excluding diaryl/α,β-unsaturated/α-hetero) is 6. The molecule has 0 fully saturated rings. The maximum Gasteiger partial charge on any atom is 0.380 e. The third-order valence-electron chi connectivity index (χ3n) is 1.35. The minimum Gasteiger partial charge on any atom is -0.475 e. The van der Waals surface area contributed by atoms with Gasteiger partial charge in [0, 0.05) is 0 Å². The van der Waals surface area contributed by atoms with E-state index in [0.717, 1.165) is 0 Å². The summed E-state index contributed by atoms with van der Waals surface area (Å²) in [7, 11) is 0. The van der Waals surface area contributed by atoms with Crippen molar-refractivity contribution in [3.63, 3.8) is 0 Å². The zero-order chi connectivity index (χ0) is 13.7. The molecule has 9 nitrogen and oxygen atoms in total. The van der Waals surface area contributed by atoms with Crippen molar-refractivity contribution in [3.8, 4) is 0 Å². The van der Waals surface area contributed by atoms with Gasteiger partial charge in [0.05, 0.1) is 0 Å². The van der Waals surface area contributed by atoms with Crippen LogP contribution >= 0.6 is 0 Å². The lowest BCUT2D eigenvalue weighted by Gasteiger charge is -1.93. The summed E-state index contributed by atoms with van der Waals surface area (Å²) in [5.74, 6) is -15.3. The Morgan fingerprint density at radius 1 is 0.647 bits per heavy atom. The monoisotopic (exact) mass is 242 g/mol. The van der Waals surface area contributed by atoms with Gasteiger partial charge in [-0.3, -0.25) is 33.6 Å². The van der Waals surface area contributed by atoms with E-state index >= 15 is 0 Å². The van der Waals surface area contributed by atoms with E-state index in [0.29, 0.717) is 0 Å². The Morgan fingerprint density at radius 2 is 1.00 bits per heavy atom. The van der Waals surface area contributed by atoms with E-state index < -0.39 is 47.0 Å². The van der Waals surface area contributed by atoms with Crippen molar-refractivity contribution in [1.82, 2.24) is 0 Å². The second kappa shape index (κ2) is 5.30. The molecule has 0 saturated carbocycles. The molecule has 0 atom stereocenters. The van der Waals surface area contributed by atoms with E-state index in [1.807, 2.05) is 0 Å². The van der Waals surface area contributed by atoms with Gasteiger partial charge in [-0.05, 0) is 0 Å². The van der Waals surface area contributed by atoms with Crippen LogP contribution in [-0.4, -0.2) is 52.1 Å². The number of carboxylic acids is 1. The van der Waals surface area contributed by atoms with Crippen LogP contribution in [-0.2, 0) is 38.4 Å². The smallest absolute Gasteiger partial charge is 0.380 e. The molecule has 0 aromatic carbocycles. The Hall–Kier alpha value is -2.84. The van der Waals surface area contributed by atoms with Crippen molar-refractivity contribution in [1.29, 1.82) is 0 Å². The van der Waals surface area contributed by atoms with Crippen LogP contribution in [0.2, 0.25) is 0 Å². The Bertz CT molecular complexity index is 481. The van der Waals surface area contributed by atoms with Gasteiger partial charge in [0.25, 0.3) is 28.9 Å². The quantitative estimate of drug-likeness (QED) is 0.274. The molecule has 0 aliphatic carbocycles. The molecule has 9 heteroatoms. The van der Waals surface area contributed by atoms with Gasteiger partial charge in [0.15, 0.2) is 6.29 Å². The van der Waals surface area contributed by atoms with Crippen molar-refractivity contribution in [3.05, 3.63) is 0 Å². The Balaban J connectivity index is 5.03. The van der Waals surface area contributed by atoms with Gasteiger partial charge >= 0.3 is 11.8 Å². The minimum absolute atomic E-state index is 0.572. The van der Waals surface area contributed by atoms with Gasteiger partial charge < -0.3 is 5.11 Å². The van der Waals surface area contributed by atoms with Gasteiger partial charge in [-0.25, -0.2) is 4.79 Å². The second-order valence-electron chi connectivity index (χ2n) is 2.43. The standard InChI is InChI=1S/C8H2O9/c9-1-2(10)3(11)4(12)5(13)6(14)7(15)8(16)17/h1H,(H,16,17). The maximum absolute atomic E-state index is 10.8. The van der Waals surface area contributed by atoms with Gasteiger partial charge in [-0.15, -0.1) is 0 Å². The van der Waals surface area contributed by atoms with E-state index in [1.54, 1.807) is 0 Å². The normalized spacial score (nSPS) is 8.94. The van der Waals surface area contributed by atoms with Crippen LogP contribution in [0.15, 0.2) is 0 Å². The van der Waals surface area contributed by atoms with E-state index in [9.17, 15) is 38.4 Å². The number of carbonyl (C=O) groups excluding carboxylic acids is 7. The molecule has 0 radical (unpaired) electrons. The number of hydrogen-bond donors (Lipinski definition) is 1. The highest BCUT2D eigenvalue weighted by Gasteiger charge is 2.38. The van der Waals surface area contributed by atoms with E-state index in [-0.39, 0.29) is 0 Å². The Labute approximate surface area is 91.4 Å². The first-order chi connectivity index (χ1) is 7.73. The van der Waals surface area contributed by atoms with Crippen LogP contribution < -0.4 is 0 Å². The first-order valence-corrected chi connectivity index (χ1v) is 3.68. The molecule has 0 aromatic heterocycles. The van der Waals surface area contributed by atoms with E-state index in [2.05, 4.69) is 0 Å². The lowest BCUT2D eigenvalue weighted by molar-refractivity contribution is -0.157. The fourth-order valence-corrected chi connectivity index (χ4v) is 0.572. The van der Waals surface area contributed by atoms with Crippen molar-refractivity contribution in [2.75, 3.05) is 0 Å². The molecule has 0 aliphatic rings. The predicted octanol–water partition coefficient (Wildman–Crippen LogP) is -3.32. The van der Waals surface area contributed by atoms with Crippen LogP contribution in [0.25, 0.3) is 0 Å². The van der Waals surface area contributed by atoms with E-state index in [4.69, 9.17) is 5.11 Å². The van der Waals surface area contributed by atoms with Crippen molar-refractivity contribution < 1.29 is 43.5 Å². The highest BCUT2D eigenvalue weighted by molar-refractivity contribution is 6.97. The highest BCUT2D eigenvalue weighted by Crippen LogP contribution is 1.88. The van der Waals surface area contributed by atoms with Crippen LogP contribution in [0, 0.1) is 0 Å². The molecule has 1 N–H and O–H groups in total. The van der Waals surface area contributed by atoms with Crippen LogP contribution in [0.5, 0.6) is 0 Å². The molecule has 0 heterocycles. The summed E-state index contributed by atoms with van der Waals surface area (Å²) < 4.78 is 0. The van der Waals surface area contributed by atoms with E-state index in [1.165, 1.54) is 0 Å². The average molecular weight is 242 g/mol. The Morgan fingerprint density at radius 3 is 1.35 bits per heavy atom. The number of ketones is 6. The molecule has 0 rings (SSSR count). The zero-order valence-corrected chi connectivity index (χ0v) is 7.79. The lowest BCUT2D eigenvalue weighted by atomic mass is 10.0. The summed E-state index contributed by atoms with van der Waals surface area (Å²) >= 11 is 0. The van der Waals surface area contributed by atoms with Crippen LogP contribution in [0.1, 0.15) is 0 Å². The molecule has 0 amide bonds. The predicted molar refractivity (Wildman–Crippen MR) is 43.7 cm³/mol. The van der Waals surface area contributed by atoms with Crippen molar-refractivity contribution in [2.45, 2.75) is 0 Å². The van der Waals surface area contributed by atoms with Crippen LogP contribution in [0.4, 0.5) is 0 Å². The summed E-state index contributed by atoms with van der Waals surface area (Å²) in [6.07, 6.45) is -0.572. The summed E-state index contributed by atoms with van der Waals surface area (Å²) in [4.78, 5) is 83.5. The summed E-state index contributed by atoms with van der Waals surface area (Å²) in [5, 5.41) is 8.04. The van der Waals surface area contributed by atoms with Crippen molar-refractivity contribution >= 4 is 47.0 Å². The molecule has 88 valence electrons. The Kier molecular flexibility index (Phi) is 4.42. The largest absolute Gasteiger partial charge is 0.475 e. The third kappa shape index (κ3) is 3.06. The molecule has 17 heavy (non-hydrogen) atoms. The van der Waals surface area contributed by atoms with Gasteiger partial charge in [-0.1, -0.05) is 0 Å². The summed E-state index contributed by atoms with van der Waals surface area (Å²) in [6, 6.07) is 0. The zero-order valence-electron chi connectivity index (χ0n) is 7.79. The number of carbonyl (C=O) groups is 8. The molecule has 0 spiro atoms. The number of carboxylic acid groups (broad SMARTS) is 1. The average Bonchev–Trinajstić information content (AvgIpc) is 2.32. The fraction of sp³-hybridized carbons (Fsp3) is 0. The van der Waals surface area contributed by atoms with Crippen LogP contribution in [0.3, 0.4) is 0 Å². The summed E-state index contributed by atoms with van der Waals surface area (Å²) in [5.41, 5.74) is 0. The molecule has 0 unspecified atom stereocenters. The molecule has 0 aromatic rings. The number of aliphatic carboxylic acids is 1. The van der Waals surface area contributed by atoms with Gasteiger partial charge in [0.1, 0.15) is 0 Å². The SMILES string of the molecule is O=CC(=O)C(=O)C(=O)C(=O)C(=O)C(=O)C(=O)O. The number of hydrogen-bond acceptors (Lipinski definition) is 8. The number of rotatable bonds is 7. The topological polar surface area (TPSA) is 157 Å². The first kappa shape index (κ1) is 14.2. The van der Waals surface area contributed by atoms with Gasteiger partial charge in [-0.2, -0.15) is 0 Å².